The third-order valence-electron chi connectivity index (χ3n) is 5.51. The van der Waals surface area contributed by atoms with Crippen molar-refractivity contribution >= 4 is 36.2 Å². The summed E-state index contributed by atoms with van der Waals surface area (Å²) in [5, 5.41) is 18.6. The van der Waals surface area contributed by atoms with Gasteiger partial charge in [-0.1, -0.05) is 0 Å². The minimum atomic E-state index is -0.661. The van der Waals surface area contributed by atoms with Crippen LogP contribution >= 0.6 is 0 Å². The van der Waals surface area contributed by atoms with Crippen LogP contribution in [-0.4, -0.2) is 35.1 Å². The zero-order valence-electron chi connectivity index (χ0n) is 20.3. The normalized spacial score (nSPS) is 11.9. The number of aromatic nitrogens is 2. The molecule has 0 aliphatic rings. The maximum atomic E-state index is 11.9. The number of esters is 2. The molecule has 0 aliphatic heterocycles. The van der Waals surface area contributed by atoms with Crippen LogP contribution < -0.4 is 0 Å². The van der Waals surface area contributed by atoms with Crippen LogP contribution in [0.25, 0.3) is 24.3 Å². The molecular weight excluding hydrogens is 432 g/mol. The van der Waals surface area contributed by atoms with E-state index in [9.17, 15) is 20.1 Å². The highest BCUT2D eigenvalue weighted by Crippen LogP contribution is 2.25. The molecular formula is C26H28N4O4. The molecule has 34 heavy (non-hydrogen) atoms. The predicted octanol–water partition coefficient (Wildman–Crippen LogP) is 4.69. The van der Waals surface area contributed by atoms with E-state index in [1.54, 1.807) is 13.8 Å². The average Bonchev–Trinajstić information content (AvgIpc) is 3.24. The topological polar surface area (TPSA) is 132 Å². The van der Waals surface area contributed by atoms with E-state index in [1.165, 1.54) is 12.2 Å². The lowest BCUT2D eigenvalue weighted by Gasteiger charge is -1.99. The Bertz CT molecular complexity index is 1180. The number of nitriles is 2. The Labute approximate surface area is 199 Å². The largest absolute Gasteiger partial charge is 0.462 e. The zero-order chi connectivity index (χ0) is 25.4. The molecule has 2 heterocycles. The predicted molar refractivity (Wildman–Crippen MR) is 130 cm³/mol. The van der Waals surface area contributed by atoms with Crippen molar-refractivity contribution in [1.29, 1.82) is 10.5 Å². The van der Waals surface area contributed by atoms with Crippen LogP contribution in [0.4, 0.5) is 0 Å². The second-order valence-electron chi connectivity index (χ2n) is 7.52. The summed E-state index contributed by atoms with van der Waals surface area (Å²) in [5.41, 5.74) is 6.54. The van der Waals surface area contributed by atoms with Gasteiger partial charge < -0.3 is 19.4 Å². The van der Waals surface area contributed by atoms with Gasteiger partial charge in [0, 0.05) is 22.8 Å². The van der Waals surface area contributed by atoms with Crippen molar-refractivity contribution in [3.63, 3.8) is 0 Å². The van der Waals surface area contributed by atoms with E-state index < -0.39 is 11.9 Å². The summed E-state index contributed by atoms with van der Waals surface area (Å²) in [4.78, 5) is 30.4. The van der Waals surface area contributed by atoms with Crippen molar-refractivity contribution in [2.75, 3.05) is 13.2 Å². The van der Waals surface area contributed by atoms with E-state index >= 15 is 0 Å². The molecule has 0 saturated heterocycles. The van der Waals surface area contributed by atoms with E-state index in [4.69, 9.17) is 9.47 Å². The molecule has 0 saturated carbocycles. The Morgan fingerprint density at radius 1 is 0.706 bits per heavy atom. The SMILES string of the molecule is CCOC(=O)/C(C#N)=C/c1[nH]c(/C=C/c2[nH]c(/C=C(\C#N)C(=O)OCC)c(C)c2C)c(C)c1C. The lowest BCUT2D eigenvalue weighted by atomic mass is 10.1. The molecule has 0 atom stereocenters. The third-order valence-corrected chi connectivity index (χ3v) is 5.51. The third kappa shape index (κ3) is 5.73. The number of rotatable bonds is 8. The number of nitrogens with zero attached hydrogens (tertiary/aromatic N) is 2. The van der Waals surface area contributed by atoms with Gasteiger partial charge in [0.15, 0.2) is 0 Å². The maximum absolute atomic E-state index is 11.9. The molecule has 0 aromatic carbocycles. The Morgan fingerprint density at radius 3 is 1.32 bits per heavy atom. The van der Waals surface area contributed by atoms with E-state index in [0.717, 1.165) is 33.6 Å². The number of hydrogen-bond acceptors (Lipinski definition) is 6. The van der Waals surface area contributed by atoms with Crippen molar-refractivity contribution in [2.24, 2.45) is 0 Å². The van der Waals surface area contributed by atoms with E-state index in [-0.39, 0.29) is 24.4 Å². The van der Waals surface area contributed by atoms with Crippen LogP contribution in [0.2, 0.25) is 0 Å². The van der Waals surface area contributed by atoms with Crippen LogP contribution in [-0.2, 0) is 19.1 Å². The molecule has 176 valence electrons. The van der Waals surface area contributed by atoms with Crippen molar-refractivity contribution < 1.29 is 19.1 Å². The lowest BCUT2D eigenvalue weighted by molar-refractivity contribution is -0.138. The quantitative estimate of drug-likeness (QED) is 0.334. The molecule has 0 amide bonds. The van der Waals surface area contributed by atoms with Gasteiger partial charge in [-0.15, -0.1) is 0 Å². The Kier molecular flexibility index (Phi) is 8.80. The van der Waals surface area contributed by atoms with Crippen LogP contribution in [0.15, 0.2) is 11.1 Å². The number of H-pyrrole nitrogens is 2. The maximum Gasteiger partial charge on any atom is 0.348 e. The highest BCUT2D eigenvalue weighted by Gasteiger charge is 2.15. The molecule has 0 bridgehead atoms. The van der Waals surface area contributed by atoms with E-state index in [2.05, 4.69) is 9.97 Å². The van der Waals surface area contributed by atoms with Crippen molar-refractivity contribution in [2.45, 2.75) is 41.5 Å². The second kappa shape index (κ2) is 11.5. The highest BCUT2D eigenvalue weighted by molar-refractivity contribution is 5.98. The fourth-order valence-corrected chi connectivity index (χ4v) is 3.24. The van der Waals surface area contributed by atoms with Crippen molar-refractivity contribution in [1.82, 2.24) is 9.97 Å². The van der Waals surface area contributed by atoms with Gasteiger partial charge in [0.05, 0.1) is 13.2 Å². The molecule has 2 aromatic heterocycles. The fraction of sp³-hybridized carbons (Fsp3) is 0.308. The first-order valence-electron chi connectivity index (χ1n) is 10.8. The highest BCUT2D eigenvalue weighted by atomic mass is 16.5. The molecule has 0 unspecified atom stereocenters. The first-order valence-corrected chi connectivity index (χ1v) is 10.8. The Balaban J connectivity index is 2.40. The fourth-order valence-electron chi connectivity index (χ4n) is 3.24. The van der Waals surface area contributed by atoms with Gasteiger partial charge in [0.25, 0.3) is 0 Å². The number of aromatic amines is 2. The van der Waals surface area contributed by atoms with Gasteiger partial charge in [-0.2, -0.15) is 10.5 Å². The Morgan fingerprint density at radius 2 is 1.03 bits per heavy atom. The smallest absolute Gasteiger partial charge is 0.348 e. The van der Waals surface area contributed by atoms with Gasteiger partial charge in [-0.3, -0.25) is 0 Å². The number of carbonyl (C=O) groups is 2. The average molecular weight is 461 g/mol. The summed E-state index contributed by atoms with van der Waals surface area (Å²) in [5.74, 6) is -1.32. The van der Waals surface area contributed by atoms with Gasteiger partial charge in [-0.25, -0.2) is 9.59 Å². The summed E-state index contributed by atoms with van der Waals surface area (Å²) in [6, 6.07) is 3.77. The van der Waals surface area contributed by atoms with Gasteiger partial charge in [0.2, 0.25) is 0 Å². The zero-order valence-corrected chi connectivity index (χ0v) is 20.3. The van der Waals surface area contributed by atoms with Crippen LogP contribution in [0.5, 0.6) is 0 Å². The van der Waals surface area contributed by atoms with Gasteiger partial charge in [-0.05, 0) is 88.1 Å². The molecule has 2 N–H and O–H groups in total. The number of nitrogens with one attached hydrogen (secondary N) is 2. The standard InChI is InChI=1S/C26H28N4O4/c1-7-33-25(31)19(13-27)11-23-17(5)15(3)21(29-23)9-10-22-16(4)18(6)24(30-22)12-20(14-28)26(32)34-8-2/h9-12,29-30H,7-8H2,1-6H3/b10-9+,19-11+,20-12+. The summed E-state index contributed by atoms with van der Waals surface area (Å²) in [7, 11) is 0. The first-order chi connectivity index (χ1) is 16.2. The van der Waals surface area contributed by atoms with Crippen LogP contribution in [0.3, 0.4) is 0 Å². The summed E-state index contributed by atoms with van der Waals surface area (Å²) >= 11 is 0. The Hall–Kier alpha value is -4.30. The minimum Gasteiger partial charge on any atom is -0.462 e. The molecule has 0 fully saturated rings. The van der Waals surface area contributed by atoms with Crippen molar-refractivity contribution in [3.05, 3.63) is 56.2 Å². The monoisotopic (exact) mass is 460 g/mol. The number of ether oxygens (including phenoxy) is 2. The van der Waals surface area contributed by atoms with Gasteiger partial charge >= 0.3 is 11.9 Å². The number of carbonyl (C=O) groups excluding carboxylic acids is 2. The molecule has 8 heteroatoms. The molecule has 0 spiro atoms. The van der Waals surface area contributed by atoms with Crippen molar-refractivity contribution in [3.8, 4) is 12.1 Å². The molecule has 0 radical (unpaired) electrons. The molecule has 2 rings (SSSR count). The van der Waals surface area contributed by atoms with Gasteiger partial charge in [0.1, 0.15) is 23.3 Å². The lowest BCUT2D eigenvalue weighted by Crippen LogP contribution is -2.06. The molecule has 0 aliphatic carbocycles. The van der Waals surface area contributed by atoms with Crippen LogP contribution in [0, 0.1) is 50.4 Å². The summed E-state index contributed by atoms with van der Waals surface area (Å²) < 4.78 is 9.85. The summed E-state index contributed by atoms with van der Waals surface area (Å²) in [6.45, 7) is 11.4. The molecule has 2 aromatic rings. The minimum absolute atomic E-state index is 0.0797. The van der Waals surface area contributed by atoms with E-state index in [1.807, 2.05) is 52.0 Å². The second-order valence-corrected chi connectivity index (χ2v) is 7.52. The van der Waals surface area contributed by atoms with E-state index in [0.29, 0.717) is 11.4 Å². The molecule has 8 nitrogen and oxygen atoms in total. The van der Waals surface area contributed by atoms with Crippen LogP contribution in [0.1, 0.15) is 58.9 Å². The first kappa shape index (κ1) is 26.0. The summed E-state index contributed by atoms with van der Waals surface area (Å²) in [6.07, 6.45) is 6.75. The number of hydrogen-bond donors (Lipinski definition) is 2.